The molecule has 1 spiro atoms. The zero-order valence-corrected chi connectivity index (χ0v) is 11.0. The molecule has 0 unspecified atom stereocenters. The normalized spacial score (nSPS) is 23.2. The number of piperidine rings is 1. The highest BCUT2D eigenvalue weighted by atomic mass is 16.2. The monoisotopic (exact) mass is 238 g/mol. The largest absolute Gasteiger partial charge is 0.340 e. The maximum absolute atomic E-state index is 12.4. The highest BCUT2D eigenvalue weighted by Gasteiger charge is 2.53. The lowest BCUT2D eigenvalue weighted by Gasteiger charge is -2.53. The molecule has 4 heteroatoms. The van der Waals surface area contributed by atoms with Crippen molar-refractivity contribution in [2.75, 3.05) is 19.6 Å². The summed E-state index contributed by atoms with van der Waals surface area (Å²) in [6.07, 6.45) is 2.55. The van der Waals surface area contributed by atoms with Gasteiger partial charge in [0.1, 0.15) is 0 Å². The van der Waals surface area contributed by atoms with Crippen molar-refractivity contribution in [2.24, 2.45) is 5.41 Å². The van der Waals surface area contributed by atoms with Crippen LogP contribution in [0.5, 0.6) is 0 Å². The second-order valence-electron chi connectivity index (χ2n) is 5.58. The quantitative estimate of drug-likeness (QED) is 0.726. The molecule has 0 radical (unpaired) electrons. The van der Waals surface area contributed by atoms with Gasteiger partial charge in [-0.2, -0.15) is 0 Å². The molecular weight excluding hydrogens is 216 g/mol. The summed E-state index contributed by atoms with van der Waals surface area (Å²) >= 11 is 0. The molecular formula is C13H22N2O2. The van der Waals surface area contributed by atoms with Crippen molar-refractivity contribution in [1.82, 2.24) is 9.80 Å². The average molecular weight is 238 g/mol. The molecule has 2 saturated heterocycles. The SMILES string of the molecule is CCC(=O)N1CC2(CCCN(C(C)C)C2=O)C1. The molecule has 2 rings (SSSR count). The standard InChI is InChI=1S/C13H22N2O2/c1-4-11(16)14-8-13(9-14)6-5-7-15(10(2)3)12(13)17/h10H,4-9H2,1-3H3. The fourth-order valence-electron chi connectivity index (χ4n) is 2.97. The van der Waals surface area contributed by atoms with Gasteiger partial charge in [0.2, 0.25) is 11.8 Å². The van der Waals surface area contributed by atoms with Gasteiger partial charge in [-0.3, -0.25) is 9.59 Å². The van der Waals surface area contributed by atoms with Crippen molar-refractivity contribution in [1.29, 1.82) is 0 Å². The van der Waals surface area contributed by atoms with Crippen molar-refractivity contribution >= 4 is 11.8 Å². The van der Waals surface area contributed by atoms with Crippen LogP contribution in [0.2, 0.25) is 0 Å². The fraction of sp³-hybridized carbons (Fsp3) is 0.846. The summed E-state index contributed by atoms with van der Waals surface area (Å²) in [4.78, 5) is 27.7. The molecule has 2 heterocycles. The zero-order chi connectivity index (χ0) is 12.6. The number of carbonyl (C=O) groups excluding carboxylic acids is 2. The lowest BCUT2D eigenvalue weighted by molar-refractivity contribution is -0.167. The van der Waals surface area contributed by atoms with Gasteiger partial charge in [0.05, 0.1) is 5.41 Å². The highest BCUT2D eigenvalue weighted by molar-refractivity contribution is 5.88. The summed E-state index contributed by atoms with van der Waals surface area (Å²) in [6, 6.07) is 0.274. The van der Waals surface area contributed by atoms with E-state index in [-0.39, 0.29) is 23.3 Å². The summed E-state index contributed by atoms with van der Waals surface area (Å²) in [7, 11) is 0. The fourth-order valence-corrected chi connectivity index (χ4v) is 2.97. The van der Waals surface area contributed by atoms with Crippen LogP contribution < -0.4 is 0 Å². The molecule has 0 aromatic rings. The Morgan fingerprint density at radius 3 is 2.59 bits per heavy atom. The van der Waals surface area contributed by atoms with E-state index in [9.17, 15) is 9.59 Å². The smallest absolute Gasteiger partial charge is 0.232 e. The van der Waals surface area contributed by atoms with E-state index in [1.54, 1.807) is 0 Å². The Labute approximate surface area is 103 Å². The molecule has 0 atom stereocenters. The third-order valence-corrected chi connectivity index (χ3v) is 4.03. The molecule has 2 aliphatic heterocycles. The van der Waals surface area contributed by atoms with Crippen LogP contribution in [0, 0.1) is 5.41 Å². The molecule has 0 N–H and O–H groups in total. The van der Waals surface area contributed by atoms with E-state index in [1.165, 1.54) is 0 Å². The van der Waals surface area contributed by atoms with E-state index in [4.69, 9.17) is 0 Å². The molecule has 2 fully saturated rings. The molecule has 17 heavy (non-hydrogen) atoms. The van der Waals surface area contributed by atoms with Crippen molar-refractivity contribution < 1.29 is 9.59 Å². The maximum Gasteiger partial charge on any atom is 0.232 e. The first-order chi connectivity index (χ1) is 8.00. The summed E-state index contributed by atoms with van der Waals surface area (Å²) < 4.78 is 0. The topological polar surface area (TPSA) is 40.6 Å². The third-order valence-electron chi connectivity index (χ3n) is 4.03. The molecule has 96 valence electrons. The Morgan fingerprint density at radius 2 is 2.06 bits per heavy atom. The Bertz CT molecular complexity index is 332. The summed E-state index contributed by atoms with van der Waals surface area (Å²) in [5, 5.41) is 0. The molecule has 4 nitrogen and oxygen atoms in total. The number of nitrogens with zero attached hydrogens (tertiary/aromatic N) is 2. The van der Waals surface area contributed by atoms with Crippen molar-refractivity contribution in [3.8, 4) is 0 Å². The predicted molar refractivity (Wildman–Crippen MR) is 65.4 cm³/mol. The molecule has 0 saturated carbocycles. The van der Waals surface area contributed by atoms with Crippen LogP contribution in [0.1, 0.15) is 40.0 Å². The van der Waals surface area contributed by atoms with Crippen LogP contribution in [0.25, 0.3) is 0 Å². The molecule has 0 bridgehead atoms. The first kappa shape index (κ1) is 12.4. The average Bonchev–Trinajstić information content (AvgIpc) is 2.25. The summed E-state index contributed by atoms with van der Waals surface area (Å²) in [5.74, 6) is 0.434. The van der Waals surface area contributed by atoms with Gasteiger partial charge in [0, 0.05) is 32.1 Å². The summed E-state index contributed by atoms with van der Waals surface area (Å²) in [6.45, 7) is 8.15. The number of likely N-dealkylation sites (tertiary alicyclic amines) is 2. The van der Waals surface area contributed by atoms with Gasteiger partial charge in [-0.05, 0) is 26.7 Å². The molecule has 2 aliphatic rings. The van der Waals surface area contributed by atoms with Crippen LogP contribution in [0.4, 0.5) is 0 Å². The van der Waals surface area contributed by atoms with Gasteiger partial charge >= 0.3 is 0 Å². The van der Waals surface area contributed by atoms with Gasteiger partial charge in [-0.25, -0.2) is 0 Å². The number of carbonyl (C=O) groups is 2. The minimum absolute atomic E-state index is 0.171. The highest BCUT2D eigenvalue weighted by Crippen LogP contribution is 2.40. The minimum Gasteiger partial charge on any atom is -0.340 e. The van der Waals surface area contributed by atoms with Crippen molar-refractivity contribution in [2.45, 2.75) is 46.1 Å². The lowest BCUT2D eigenvalue weighted by atomic mass is 9.72. The Morgan fingerprint density at radius 1 is 1.41 bits per heavy atom. The molecule has 0 aromatic carbocycles. The Kier molecular flexibility index (Phi) is 3.15. The zero-order valence-electron chi connectivity index (χ0n) is 11.0. The molecule has 0 aliphatic carbocycles. The first-order valence-electron chi connectivity index (χ1n) is 6.59. The van der Waals surface area contributed by atoms with Gasteiger partial charge < -0.3 is 9.80 Å². The number of amides is 2. The van der Waals surface area contributed by atoms with E-state index >= 15 is 0 Å². The van der Waals surface area contributed by atoms with E-state index in [0.717, 1.165) is 19.4 Å². The molecule has 0 aromatic heterocycles. The maximum atomic E-state index is 12.4. The third kappa shape index (κ3) is 1.94. The van der Waals surface area contributed by atoms with Gasteiger partial charge in [-0.15, -0.1) is 0 Å². The van der Waals surface area contributed by atoms with Gasteiger partial charge in [0.15, 0.2) is 0 Å². The Balaban J connectivity index is 2.03. The first-order valence-corrected chi connectivity index (χ1v) is 6.59. The van der Waals surface area contributed by atoms with E-state index in [2.05, 4.69) is 13.8 Å². The van der Waals surface area contributed by atoms with Crippen molar-refractivity contribution in [3.05, 3.63) is 0 Å². The van der Waals surface area contributed by atoms with Crippen LogP contribution in [-0.4, -0.2) is 47.3 Å². The number of hydrogen-bond acceptors (Lipinski definition) is 2. The van der Waals surface area contributed by atoms with Crippen LogP contribution >= 0.6 is 0 Å². The van der Waals surface area contributed by atoms with Crippen LogP contribution in [-0.2, 0) is 9.59 Å². The second kappa shape index (κ2) is 4.31. The van der Waals surface area contributed by atoms with E-state index < -0.39 is 0 Å². The Hall–Kier alpha value is -1.06. The van der Waals surface area contributed by atoms with Gasteiger partial charge in [0.25, 0.3) is 0 Å². The number of rotatable bonds is 2. The molecule has 2 amide bonds. The van der Waals surface area contributed by atoms with E-state index in [0.29, 0.717) is 19.5 Å². The summed E-state index contributed by atoms with van der Waals surface area (Å²) in [5.41, 5.74) is -0.243. The van der Waals surface area contributed by atoms with Crippen LogP contribution in [0.15, 0.2) is 0 Å². The number of hydrogen-bond donors (Lipinski definition) is 0. The minimum atomic E-state index is -0.243. The second-order valence-corrected chi connectivity index (χ2v) is 5.58. The lowest BCUT2D eigenvalue weighted by Crippen LogP contribution is -2.67. The van der Waals surface area contributed by atoms with Crippen LogP contribution in [0.3, 0.4) is 0 Å². The van der Waals surface area contributed by atoms with Crippen molar-refractivity contribution in [3.63, 3.8) is 0 Å². The van der Waals surface area contributed by atoms with E-state index in [1.807, 2.05) is 16.7 Å². The predicted octanol–water partition coefficient (Wildman–Crippen LogP) is 1.26. The van der Waals surface area contributed by atoms with Gasteiger partial charge in [-0.1, -0.05) is 6.92 Å².